The summed E-state index contributed by atoms with van der Waals surface area (Å²) in [6.45, 7) is 6.73. The van der Waals surface area contributed by atoms with Gasteiger partial charge in [0.15, 0.2) is 6.29 Å². The smallest absolute Gasteiger partial charge is 0.196 e. The maximum atomic E-state index is 5.23. The standard InChI is InChI=1S/C10H20O2/c1-4-6-7-8-9-12-10(3)11-5-2/h8-10H,4-7H2,1-3H3/b9-8+. The number of hydrogen-bond donors (Lipinski definition) is 0. The highest BCUT2D eigenvalue weighted by Gasteiger charge is 1.94. The van der Waals surface area contributed by atoms with Gasteiger partial charge in [-0.15, -0.1) is 0 Å². The number of unbranched alkanes of at least 4 members (excludes halogenated alkanes) is 2. The van der Waals surface area contributed by atoms with Gasteiger partial charge in [-0.2, -0.15) is 0 Å². The zero-order valence-electron chi connectivity index (χ0n) is 8.38. The summed E-state index contributed by atoms with van der Waals surface area (Å²) in [6, 6.07) is 0. The van der Waals surface area contributed by atoms with Crippen LogP contribution in [-0.2, 0) is 9.47 Å². The van der Waals surface area contributed by atoms with Crippen LogP contribution in [0.1, 0.15) is 40.0 Å². The van der Waals surface area contributed by atoms with Crippen LogP contribution >= 0.6 is 0 Å². The van der Waals surface area contributed by atoms with Crippen molar-refractivity contribution >= 4 is 0 Å². The van der Waals surface area contributed by atoms with E-state index in [1.54, 1.807) is 6.26 Å². The summed E-state index contributed by atoms with van der Waals surface area (Å²) in [5.74, 6) is 0. The summed E-state index contributed by atoms with van der Waals surface area (Å²) in [4.78, 5) is 0. The first-order valence-electron chi connectivity index (χ1n) is 4.73. The van der Waals surface area contributed by atoms with Gasteiger partial charge in [0.1, 0.15) is 0 Å². The van der Waals surface area contributed by atoms with Crippen LogP contribution < -0.4 is 0 Å². The van der Waals surface area contributed by atoms with Crippen molar-refractivity contribution in [3.05, 3.63) is 12.3 Å². The normalized spacial score (nSPS) is 13.6. The van der Waals surface area contributed by atoms with Gasteiger partial charge in [0, 0.05) is 6.61 Å². The van der Waals surface area contributed by atoms with Crippen LogP contribution in [0.5, 0.6) is 0 Å². The maximum absolute atomic E-state index is 5.23. The Labute approximate surface area is 75.6 Å². The van der Waals surface area contributed by atoms with Gasteiger partial charge in [0.25, 0.3) is 0 Å². The van der Waals surface area contributed by atoms with Gasteiger partial charge in [-0.05, 0) is 32.8 Å². The first-order valence-corrected chi connectivity index (χ1v) is 4.73. The lowest BCUT2D eigenvalue weighted by atomic mass is 10.2. The van der Waals surface area contributed by atoms with E-state index in [2.05, 4.69) is 6.92 Å². The van der Waals surface area contributed by atoms with Crippen LogP contribution in [0.4, 0.5) is 0 Å². The molecular weight excluding hydrogens is 152 g/mol. The molecule has 0 aliphatic heterocycles. The van der Waals surface area contributed by atoms with Gasteiger partial charge >= 0.3 is 0 Å². The van der Waals surface area contributed by atoms with E-state index in [-0.39, 0.29) is 6.29 Å². The molecule has 0 amide bonds. The number of rotatable bonds is 7. The van der Waals surface area contributed by atoms with Gasteiger partial charge in [0.05, 0.1) is 6.26 Å². The fraction of sp³-hybridized carbons (Fsp3) is 0.800. The Balaban J connectivity index is 3.21. The average molecular weight is 172 g/mol. The first-order chi connectivity index (χ1) is 5.81. The molecule has 2 heteroatoms. The van der Waals surface area contributed by atoms with E-state index < -0.39 is 0 Å². The second-order valence-electron chi connectivity index (χ2n) is 2.67. The van der Waals surface area contributed by atoms with Crippen LogP contribution in [0, 0.1) is 0 Å². The molecule has 2 nitrogen and oxygen atoms in total. The molecule has 0 fully saturated rings. The molecule has 0 heterocycles. The molecule has 0 aromatic heterocycles. The van der Waals surface area contributed by atoms with Crippen LogP contribution in [-0.4, -0.2) is 12.9 Å². The van der Waals surface area contributed by atoms with E-state index in [9.17, 15) is 0 Å². The quantitative estimate of drug-likeness (QED) is 0.334. The van der Waals surface area contributed by atoms with E-state index in [0.29, 0.717) is 6.61 Å². The fourth-order valence-corrected chi connectivity index (χ4v) is 0.830. The SMILES string of the molecule is CCCC/C=C/OC(C)OCC. The van der Waals surface area contributed by atoms with E-state index in [1.165, 1.54) is 12.8 Å². The van der Waals surface area contributed by atoms with Gasteiger partial charge in [-0.1, -0.05) is 13.3 Å². The van der Waals surface area contributed by atoms with Crippen molar-refractivity contribution in [1.82, 2.24) is 0 Å². The molecule has 12 heavy (non-hydrogen) atoms. The van der Waals surface area contributed by atoms with Crippen molar-refractivity contribution in [3.8, 4) is 0 Å². The van der Waals surface area contributed by atoms with Gasteiger partial charge in [-0.3, -0.25) is 0 Å². The first kappa shape index (κ1) is 11.5. The van der Waals surface area contributed by atoms with E-state index in [4.69, 9.17) is 9.47 Å². The molecule has 0 bridgehead atoms. The Morgan fingerprint density at radius 3 is 2.67 bits per heavy atom. The summed E-state index contributed by atoms with van der Waals surface area (Å²) < 4.78 is 10.4. The number of ether oxygens (including phenoxy) is 2. The molecule has 1 atom stereocenters. The van der Waals surface area contributed by atoms with Crippen LogP contribution in [0.25, 0.3) is 0 Å². The largest absolute Gasteiger partial charge is 0.473 e. The van der Waals surface area contributed by atoms with Crippen molar-refractivity contribution in [2.24, 2.45) is 0 Å². The lowest BCUT2D eigenvalue weighted by Gasteiger charge is -2.09. The molecule has 72 valence electrons. The number of hydrogen-bond acceptors (Lipinski definition) is 2. The highest BCUT2D eigenvalue weighted by Crippen LogP contribution is 1.98. The van der Waals surface area contributed by atoms with Crippen LogP contribution in [0.2, 0.25) is 0 Å². The lowest BCUT2D eigenvalue weighted by molar-refractivity contribution is -0.0883. The van der Waals surface area contributed by atoms with Crippen molar-refractivity contribution in [2.75, 3.05) is 6.61 Å². The lowest BCUT2D eigenvalue weighted by Crippen LogP contribution is -2.08. The third-order valence-electron chi connectivity index (χ3n) is 1.49. The summed E-state index contributed by atoms with van der Waals surface area (Å²) in [7, 11) is 0. The molecule has 0 rings (SSSR count). The molecule has 0 aromatic rings. The number of allylic oxidation sites excluding steroid dienone is 1. The Morgan fingerprint density at radius 1 is 1.33 bits per heavy atom. The molecular formula is C10H20O2. The molecule has 0 aliphatic rings. The maximum Gasteiger partial charge on any atom is 0.196 e. The second-order valence-corrected chi connectivity index (χ2v) is 2.67. The molecule has 0 saturated heterocycles. The Morgan fingerprint density at radius 2 is 2.08 bits per heavy atom. The minimum atomic E-state index is -0.118. The zero-order chi connectivity index (χ0) is 9.23. The summed E-state index contributed by atoms with van der Waals surface area (Å²) >= 11 is 0. The molecule has 0 aliphatic carbocycles. The minimum Gasteiger partial charge on any atom is -0.473 e. The van der Waals surface area contributed by atoms with Gasteiger partial charge < -0.3 is 9.47 Å². The predicted octanol–water partition coefficient (Wildman–Crippen LogP) is 3.09. The van der Waals surface area contributed by atoms with Crippen molar-refractivity contribution < 1.29 is 9.47 Å². The van der Waals surface area contributed by atoms with Crippen LogP contribution in [0.3, 0.4) is 0 Å². The van der Waals surface area contributed by atoms with E-state index in [1.807, 2.05) is 19.9 Å². The average Bonchev–Trinajstić information content (AvgIpc) is 2.05. The highest BCUT2D eigenvalue weighted by atomic mass is 16.7. The fourth-order valence-electron chi connectivity index (χ4n) is 0.830. The van der Waals surface area contributed by atoms with Crippen molar-refractivity contribution in [1.29, 1.82) is 0 Å². The third-order valence-corrected chi connectivity index (χ3v) is 1.49. The van der Waals surface area contributed by atoms with Gasteiger partial charge in [-0.25, -0.2) is 0 Å². The van der Waals surface area contributed by atoms with Crippen molar-refractivity contribution in [2.45, 2.75) is 46.3 Å². The van der Waals surface area contributed by atoms with E-state index >= 15 is 0 Å². The van der Waals surface area contributed by atoms with Gasteiger partial charge in [0.2, 0.25) is 0 Å². The molecule has 0 radical (unpaired) electrons. The van der Waals surface area contributed by atoms with Crippen molar-refractivity contribution in [3.63, 3.8) is 0 Å². The Kier molecular flexibility index (Phi) is 8.24. The summed E-state index contributed by atoms with van der Waals surface area (Å²) in [5, 5.41) is 0. The zero-order valence-corrected chi connectivity index (χ0v) is 8.38. The summed E-state index contributed by atoms with van der Waals surface area (Å²) in [5.41, 5.74) is 0. The molecule has 0 aromatic carbocycles. The Bertz CT molecular complexity index is 110. The highest BCUT2D eigenvalue weighted by molar-refractivity contribution is 4.72. The monoisotopic (exact) mass is 172 g/mol. The predicted molar refractivity (Wildman–Crippen MR) is 50.8 cm³/mol. The van der Waals surface area contributed by atoms with E-state index in [0.717, 1.165) is 6.42 Å². The minimum absolute atomic E-state index is 0.118. The molecule has 1 unspecified atom stereocenters. The molecule has 0 spiro atoms. The second kappa shape index (κ2) is 8.60. The topological polar surface area (TPSA) is 18.5 Å². The summed E-state index contributed by atoms with van der Waals surface area (Å²) in [6.07, 6.45) is 7.20. The molecule has 0 saturated carbocycles. The van der Waals surface area contributed by atoms with Crippen LogP contribution in [0.15, 0.2) is 12.3 Å². The Hall–Kier alpha value is -0.500. The third kappa shape index (κ3) is 7.61. The molecule has 0 N–H and O–H groups in total.